The van der Waals surface area contributed by atoms with Gasteiger partial charge in [-0.1, -0.05) is 369 Å². The van der Waals surface area contributed by atoms with E-state index in [9.17, 15) is 43.2 Å². The molecule has 0 heterocycles. The first kappa shape index (κ1) is 97.1. The van der Waals surface area contributed by atoms with Crippen LogP contribution in [0.3, 0.4) is 0 Å². The molecule has 0 aliphatic heterocycles. The summed E-state index contributed by atoms with van der Waals surface area (Å²) in [5.74, 6) is -0.566. The zero-order chi connectivity index (χ0) is 72.8. The molecule has 0 spiro atoms. The number of esters is 4. The first-order chi connectivity index (χ1) is 47.9. The fourth-order valence-corrected chi connectivity index (χ4v) is 13.9. The van der Waals surface area contributed by atoms with Crippen LogP contribution < -0.4 is 0 Å². The van der Waals surface area contributed by atoms with Crippen LogP contribution in [0.4, 0.5) is 0 Å². The van der Waals surface area contributed by atoms with E-state index in [-0.39, 0.29) is 25.7 Å². The molecule has 0 amide bonds. The van der Waals surface area contributed by atoms with Crippen LogP contribution in [0.15, 0.2) is 0 Å². The van der Waals surface area contributed by atoms with E-state index in [2.05, 4.69) is 41.5 Å². The van der Waals surface area contributed by atoms with E-state index in [1.54, 1.807) is 0 Å². The highest BCUT2D eigenvalue weighted by atomic mass is 31.2. The molecular formula is C80H156O17P2. The maximum absolute atomic E-state index is 13.1. The van der Waals surface area contributed by atoms with Crippen molar-refractivity contribution in [3.63, 3.8) is 0 Å². The number of carbonyl (C=O) groups excluding carboxylic acids is 4. The van der Waals surface area contributed by atoms with Gasteiger partial charge < -0.3 is 33.8 Å². The summed E-state index contributed by atoms with van der Waals surface area (Å²) in [6, 6.07) is 0. The SMILES string of the molecule is CCCCCCCCCCCCCCCCCCCC(=O)O[C@H](COC(=O)CCCCCCCCCCCCCCCCCC)COP(=O)(O)OC[C@@H](O)COP(=O)(O)OC[C@@H](COC(=O)CCCCCCCCCCC(C)CC)OC(=O)CCCCCCCCCCCCCC(C)C. The van der Waals surface area contributed by atoms with E-state index >= 15 is 0 Å². The van der Waals surface area contributed by atoms with Gasteiger partial charge in [-0.3, -0.25) is 37.3 Å². The van der Waals surface area contributed by atoms with Crippen molar-refractivity contribution < 1.29 is 80.2 Å². The minimum absolute atomic E-state index is 0.106. The first-order valence-electron chi connectivity index (χ1n) is 41.5. The number of rotatable bonds is 79. The molecule has 0 saturated carbocycles. The molecule has 0 aromatic heterocycles. The molecule has 3 unspecified atom stereocenters. The molecule has 0 aromatic rings. The maximum atomic E-state index is 13.1. The predicted octanol–water partition coefficient (Wildman–Crippen LogP) is 23.9. The number of aliphatic hydroxyl groups excluding tert-OH is 1. The van der Waals surface area contributed by atoms with Crippen LogP contribution in [0, 0.1) is 11.8 Å². The number of phosphoric acid groups is 2. The van der Waals surface area contributed by atoms with Crippen LogP contribution in [0.25, 0.3) is 0 Å². The Morgan fingerprint density at radius 3 is 0.768 bits per heavy atom. The van der Waals surface area contributed by atoms with E-state index in [1.165, 1.54) is 238 Å². The molecular weight excluding hydrogens is 1290 g/mol. The van der Waals surface area contributed by atoms with Gasteiger partial charge in [0.05, 0.1) is 26.4 Å². The molecule has 0 rings (SSSR count). The molecule has 0 saturated heterocycles. The van der Waals surface area contributed by atoms with Gasteiger partial charge in [0.25, 0.3) is 0 Å². The number of ether oxygens (including phenoxy) is 4. The molecule has 0 fully saturated rings. The van der Waals surface area contributed by atoms with Crippen LogP contribution >= 0.6 is 15.6 Å². The van der Waals surface area contributed by atoms with Crippen molar-refractivity contribution in [3.05, 3.63) is 0 Å². The quantitative estimate of drug-likeness (QED) is 0.0222. The average molecular weight is 1450 g/mol. The second-order valence-electron chi connectivity index (χ2n) is 29.5. The first-order valence-corrected chi connectivity index (χ1v) is 44.5. The van der Waals surface area contributed by atoms with Crippen LogP contribution in [-0.4, -0.2) is 96.7 Å². The van der Waals surface area contributed by atoms with E-state index < -0.39 is 97.5 Å². The van der Waals surface area contributed by atoms with Gasteiger partial charge in [0.1, 0.15) is 19.3 Å². The summed E-state index contributed by atoms with van der Waals surface area (Å²) in [7, 11) is -9.92. The fraction of sp³-hybridized carbons (Fsp3) is 0.950. The minimum Gasteiger partial charge on any atom is -0.462 e. The Morgan fingerprint density at radius 1 is 0.293 bits per heavy atom. The largest absolute Gasteiger partial charge is 0.472 e. The van der Waals surface area contributed by atoms with Crippen LogP contribution in [0.5, 0.6) is 0 Å². The Kier molecular flexibility index (Phi) is 70.3. The zero-order valence-electron chi connectivity index (χ0n) is 64.8. The van der Waals surface area contributed by atoms with Crippen molar-refractivity contribution in [2.24, 2.45) is 11.8 Å². The predicted molar refractivity (Wildman–Crippen MR) is 405 cm³/mol. The van der Waals surface area contributed by atoms with Gasteiger partial charge in [0.2, 0.25) is 0 Å². The number of hydrogen-bond donors (Lipinski definition) is 3. The Balaban J connectivity index is 5.27. The molecule has 0 aliphatic rings. The number of aliphatic hydroxyl groups is 1. The molecule has 99 heavy (non-hydrogen) atoms. The second-order valence-corrected chi connectivity index (χ2v) is 32.4. The lowest BCUT2D eigenvalue weighted by Crippen LogP contribution is -2.30. The lowest BCUT2D eigenvalue weighted by atomic mass is 9.99. The third-order valence-electron chi connectivity index (χ3n) is 19.1. The van der Waals surface area contributed by atoms with Gasteiger partial charge >= 0.3 is 39.5 Å². The lowest BCUT2D eigenvalue weighted by molar-refractivity contribution is -0.161. The maximum Gasteiger partial charge on any atom is 0.472 e. The zero-order valence-corrected chi connectivity index (χ0v) is 66.6. The number of hydrogen-bond acceptors (Lipinski definition) is 15. The van der Waals surface area contributed by atoms with Gasteiger partial charge in [0, 0.05) is 25.7 Å². The highest BCUT2D eigenvalue weighted by Crippen LogP contribution is 2.45. The summed E-state index contributed by atoms with van der Waals surface area (Å²) in [5.41, 5.74) is 0. The molecule has 0 aromatic carbocycles. The van der Waals surface area contributed by atoms with Crippen molar-refractivity contribution in [2.75, 3.05) is 39.6 Å². The smallest absolute Gasteiger partial charge is 0.462 e. The number of carbonyl (C=O) groups is 4. The summed E-state index contributed by atoms with van der Waals surface area (Å²) in [6.07, 6.45) is 60.9. The summed E-state index contributed by atoms with van der Waals surface area (Å²) in [6.45, 7) is 9.64. The Morgan fingerprint density at radius 2 is 0.515 bits per heavy atom. The molecule has 19 heteroatoms. The van der Waals surface area contributed by atoms with E-state index in [4.69, 9.17) is 37.0 Å². The molecule has 17 nitrogen and oxygen atoms in total. The molecule has 3 N–H and O–H groups in total. The highest BCUT2D eigenvalue weighted by Gasteiger charge is 2.30. The monoisotopic (exact) mass is 1450 g/mol. The fourth-order valence-electron chi connectivity index (χ4n) is 12.3. The lowest BCUT2D eigenvalue weighted by Gasteiger charge is -2.21. The summed E-state index contributed by atoms with van der Waals surface area (Å²) in [4.78, 5) is 73.0. The molecule has 588 valence electrons. The normalized spacial score (nSPS) is 14.2. The van der Waals surface area contributed by atoms with Gasteiger partial charge in [-0.15, -0.1) is 0 Å². The topological polar surface area (TPSA) is 237 Å². The van der Waals surface area contributed by atoms with Crippen molar-refractivity contribution in [2.45, 2.75) is 439 Å². The third kappa shape index (κ3) is 72.8. The Bertz CT molecular complexity index is 1910. The van der Waals surface area contributed by atoms with Gasteiger partial charge in [-0.2, -0.15) is 0 Å². The molecule has 6 atom stereocenters. The van der Waals surface area contributed by atoms with Crippen molar-refractivity contribution >= 4 is 39.5 Å². The highest BCUT2D eigenvalue weighted by molar-refractivity contribution is 7.47. The number of unbranched alkanes of at least 4 members (excludes halogenated alkanes) is 48. The van der Waals surface area contributed by atoms with Crippen molar-refractivity contribution in [1.29, 1.82) is 0 Å². The van der Waals surface area contributed by atoms with Crippen molar-refractivity contribution in [3.8, 4) is 0 Å². The summed E-state index contributed by atoms with van der Waals surface area (Å²) in [5, 5.41) is 10.6. The average Bonchev–Trinajstić information content (AvgIpc) is 0.992. The Labute approximate surface area is 607 Å². The van der Waals surface area contributed by atoms with E-state index in [0.29, 0.717) is 25.7 Å². The van der Waals surface area contributed by atoms with Crippen LogP contribution in [0.1, 0.15) is 420 Å². The summed E-state index contributed by atoms with van der Waals surface area (Å²) < 4.78 is 68.7. The standard InChI is InChI=1S/C80H156O17P2/c1-7-10-12-14-16-18-20-22-24-26-28-30-34-38-46-52-58-64-79(84)96-75(68-90-77(82)62-56-50-44-37-33-29-27-25-23-21-19-17-15-13-11-8-2)70-94-98(86,87)92-66-74(81)67-93-99(88,89)95-71-76(69-91-78(83)63-57-51-45-41-40-43-49-55-61-73(6)9-3)97-80(85)65-59-53-47-39-35-31-32-36-42-48-54-60-72(4)5/h72-76,81H,7-71H2,1-6H3,(H,86,87)(H,88,89)/t73?,74-,75-,76-/m1/s1. The third-order valence-corrected chi connectivity index (χ3v) is 21.0. The number of phosphoric ester groups is 2. The molecule has 0 aliphatic carbocycles. The molecule has 0 bridgehead atoms. The second kappa shape index (κ2) is 71.7. The Hall–Kier alpha value is -1.94. The van der Waals surface area contributed by atoms with Gasteiger partial charge in [-0.05, 0) is 37.5 Å². The van der Waals surface area contributed by atoms with Crippen LogP contribution in [0.2, 0.25) is 0 Å². The van der Waals surface area contributed by atoms with Gasteiger partial charge in [-0.25, -0.2) is 9.13 Å². The van der Waals surface area contributed by atoms with E-state index in [0.717, 1.165) is 102 Å². The summed E-state index contributed by atoms with van der Waals surface area (Å²) >= 11 is 0. The minimum atomic E-state index is -4.96. The van der Waals surface area contributed by atoms with Crippen molar-refractivity contribution in [1.82, 2.24) is 0 Å². The van der Waals surface area contributed by atoms with Gasteiger partial charge in [0.15, 0.2) is 12.2 Å². The van der Waals surface area contributed by atoms with E-state index in [1.807, 2.05) is 0 Å². The van der Waals surface area contributed by atoms with Crippen LogP contribution in [-0.2, 0) is 65.4 Å². The molecule has 0 radical (unpaired) electrons.